The van der Waals surface area contributed by atoms with Gasteiger partial charge < -0.3 is 5.32 Å². The third kappa shape index (κ3) is 7.25. The number of halogens is 1. The number of carbonyl (C=O) groups is 2. The van der Waals surface area contributed by atoms with Crippen molar-refractivity contribution >= 4 is 39.4 Å². The van der Waals surface area contributed by atoms with Gasteiger partial charge in [-0.1, -0.05) is 60.1 Å². The first-order valence-corrected chi connectivity index (χ1v) is 14.1. The van der Waals surface area contributed by atoms with Gasteiger partial charge in [-0.3, -0.25) is 10.1 Å². The molecule has 204 valence electrons. The average molecular weight is 577 g/mol. The molecule has 0 atom stereocenters. The smallest absolute Gasteiger partial charge is 0.334 e. The van der Waals surface area contributed by atoms with Crippen molar-refractivity contribution in [2.45, 2.75) is 24.2 Å². The summed E-state index contributed by atoms with van der Waals surface area (Å²) in [6, 6.07) is 24.7. The van der Waals surface area contributed by atoms with E-state index in [2.05, 4.69) is 15.7 Å². The van der Waals surface area contributed by atoms with Crippen molar-refractivity contribution in [1.82, 2.24) is 19.8 Å². The summed E-state index contributed by atoms with van der Waals surface area (Å²) in [5, 5.41) is 19.9. The Balaban J connectivity index is 1.51. The highest BCUT2D eigenvalue weighted by molar-refractivity contribution is 7.90. The maximum Gasteiger partial charge on any atom is 0.334 e. The number of anilines is 1. The Morgan fingerprint density at radius 1 is 0.950 bits per heavy atom. The minimum atomic E-state index is -4.24. The number of hydrogen-bond donors (Lipinski definition) is 3. The fourth-order valence-electron chi connectivity index (χ4n) is 3.88. The molecule has 4 rings (SSSR count). The molecule has 1 heterocycles. The van der Waals surface area contributed by atoms with Gasteiger partial charge in [0.2, 0.25) is 5.91 Å². The van der Waals surface area contributed by atoms with Crippen LogP contribution in [0.4, 0.5) is 10.6 Å². The van der Waals surface area contributed by atoms with Crippen LogP contribution in [0.2, 0.25) is 5.02 Å². The molecule has 0 saturated heterocycles. The van der Waals surface area contributed by atoms with Crippen LogP contribution in [0, 0.1) is 11.3 Å². The molecule has 3 amide bonds. The molecule has 0 aliphatic heterocycles. The SMILES string of the molecule is N#Cc1c(CC(=O)NCCCc2ccccc2)nn(-c2ccccc2)c1NC(=O)NS(=O)(=O)c1ccc(Cl)cc1. The average Bonchev–Trinajstić information content (AvgIpc) is 3.28. The van der Waals surface area contributed by atoms with Crippen molar-refractivity contribution in [1.29, 1.82) is 5.26 Å². The summed E-state index contributed by atoms with van der Waals surface area (Å²) >= 11 is 5.82. The number of nitrogens with zero attached hydrogens (tertiary/aromatic N) is 3. The van der Waals surface area contributed by atoms with Gasteiger partial charge in [0.25, 0.3) is 10.0 Å². The first-order chi connectivity index (χ1) is 19.3. The lowest BCUT2D eigenvalue weighted by Gasteiger charge is -2.11. The fourth-order valence-corrected chi connectivity index (χ4v) is 4.92. The van der Waals surface area contributed by atoms with Gasteiger partial charge in [-0.25, -0.2) is 22.6 Å². The van der Waals surface area contributed by atoms with E-state index in [0.717, 1.165) is 18.4 Å². The van der Waals surface area contributed by atoms with Gasteiger partial charge >= 0.3 is 6.03 Å². The Bertz CT molecular complexity index is 1630. The summed E-state index contributed by atoms with van der Waals surface area (Å²) in [4.78, 5) is 25.3. The van der Waals surface area contributed by atoms with Gasteiger partial charge in [0.05, 0.1) is 22.7 Å². The monoisotopic (exact) mass is 576 g/mol. The number of rotatable bonds is 10. The van der Waals surface area contributed by atoms with Crippen LogP contribution in [0.1, 0.15) is 23.2 Å². The Morgan fingerprint density at radius 3 is 2.25 bits per heavy atom. The number of urea groups is 1. The van der Waals surface area contributed by atoms with E-state index in [-0.39, 0.29) is 34.3 Å². The number of sulfonamides is 1. The van der Waals surface area contributed by atoms with Gasteiger partial charge in [0, 0.05) is 11.6 Å². The molecule has 0 radical (unpaired) electrons. The van der Waals surface area contributed by atoms with E-state index in [1.165, 1.54) is 28.9 Å². The number of hydrogen-bond acceptors (Lipinski definition) is 6. The third-order valence-corrected chi connectivity index (χ3v) is 7.39. The zero-order valence-electron chi connectivity index (χ0n) is 21.2. The second kappa shape index (κ2) is 12.9. The Hall–Kier alpha value is -4.66. The lowest BCUT2D eigenvalue weighted by Crippen LogP contribution is -2.35. The fraction of sp³-hybridized carbons (Fsp3) is 0.143. The van der Waals surface area contributed by atoms with Gasteiger partial charge in [-0.2, -0.15) is 10.4 Å². The number of nitriles is 1. The molecule has 0 fully saturated rings. The molecule has 0 spiro atoms. The van der Waals surface area contributed by atoms with Crippen LogP contribution in [0.5, 0.6) is 0 Å². The van der Waals surface area contributed by atoms with Gasteiger partial charge in [-0.15, -0.1) is 0 Å². The summed E-state index contributed by atoms with van der Waals surface area (Å²) in [5.74, 6) is -0.423. The van der Waals surface area contributed by atoms with Crippen LogP contribution in [0.3, 0.4) is 0 Å². The van der Waals surface area contributed by atoms with E-state index in [9.17, 15) is 23.3 Å². The standard InChI is InChI=1S/C28H25ClN6O4S/c29-21-13-15-23(16-14-21)40(38,39)34-28(37)32-27-24(19-30)25(33-35(27)22-11-5-2-6-12-22)18-26(36)31-17-7-10-20-8-3-1-4-9-20/h1-6,8-9,11-16H,7,10,17-18H2,(H,31,36)(H2,32,34,37). The molecule has 40 heavy (non-hydrogen) atoms. The van der Waals surface area contributed by atoms with E-state index in [1.54, 1.807) is 30.3 Å². The maximum absolute atomic E-state index is 12.8. The molecule has 0 unspecified atom stereocenters. The van der Waals surface area contributed by atoms with E-state index in [1.807, 2.05) is 41.1 Å². The second-order valence-corrected chi connectivity index (χ2v) is 10.8. The topological polar surface area (TPSA) is 146 Å². The number of nitrogens with one attached hydrogen (secondary N) is 3. The molecule has 0 saturated carbocycles. The summed E-state index contributed by atoms with van der Waals surface area (Å²) < 4.78 is 28.5. The zero-order chi connectivity index (χ0) is 28.5. The van der Waals surface area contributed by atoms with Crippen molar-refractivity contribution in [2.24, 2.45) is 0 Å². The van der Waals surface area contributed by atoms with Crippen LogP contribution in [-0.4, -0.2) is 36.7 Å². The Kier molecular flexibility index (Phi) is 9.16. The van der Waals surface area contributed by atoms with E-state index < -0.39 is 16.1 Å². The molecule has 3 N–H and O–H groups in total. The molecule has 0 aliphatic carbocycles. The minimum absolute atomic E-state index is 0.0673. The van der Waals surface area contributed by atoms with E-state index in [4.69, 9.17) is 11.6 Å². The molecular formula is C28H25ClN6O4S. The highest BCUT2D eigenvalue weighted by Gasteiger charge is 2.25. The molecule has 12 heteroatoms. The van der Waals surface area contributed by atoms with Gasteiger partial charge in [0.15, 0.2) is 5.82 Å². The lowest BCUT2D eigenvalue weighted by molar-refractivity contribution is -0.120. The molecule has 4 aromatic rings. The number of aromatic nitrogens is 2. The van der Waals surface area contributed by atoms with E-state index >= 15 is 0 Å². The molecule has 1 aromatic heterocycles. The number of benzene rings is 3. The van der Waals surface area contributed by atoms with Gasteiger partial charge in [0.1, 0.15) is 11.6 Å². The molecule has 0 aliphatic rings. The van der Waals surface area contributed by atoms with Gasteiger partial charge in [-0.05, 0) is 54.8 Å². The van der Waals surface area contributed by atoms with Crippen molar-refractivity contribution < 1.29 is 18.0 Å². The van der Waals surface area contributed by atoms with E-state index in [0.29, 0.717) is 17.3 Å². The normalized spacial score (nSPS) is 10.9. The molecular weight excluding hydrogens is 552 g/mol. The van der Waals surface area contributed by atoms with Crippen molar-refractivity contribution in [3.63, 3.8) is 0 Å². The Labute approximate surface area is 236 Å². The number of carbonyl (C=O) groups excluding carboxylic acids is 2. The van der Waals surface area contributed by atoms with Crippen LogP contribution >= 0.6 is 11.6 Å². The third-order valence-electron chi connectivity index (χ3n) is 5.79. The largest absolute Gasteiger partial charge is 0.356 e. The van der Waals surface area contributed by atoms with Crippen molar-refractivity contribution in [3.8, 4) is 11.8 Å². The predicted molar refractivity (Wildman–Crippen MR) is 151 cm³/mol. The predicted octanol–water partition coefficient (Wildman–Crippen LogP) is 4.20. The first-order valence-electron chi connectivity index (χ1n) is 12.2. The minimum Gasteiger partial charge on any atom is -0.356 e. The summed E-state index contributed by atoms with van der Waals surface area (Å²) in [6.07, 6.45) is 1.32. The molecule has 0 bridgehead atoms. The van der Waals surface area contributed by atoms with Crippen molar-refractivity contribution in [2.75, 3.05) is 11.9 Å². The quantitative estimate of drug-likeness (QED) is 0.241. The zero-order valence-corrected chi connectivity index (χ0v) is 22.7. The summed E-state index contributed by atoms with van der Waals surface area (Å²) in [5.41, 5.74) is 1.71. The van der Waals surface area contributed by atoms with Crippen LogP contribution in [0.15, 0.2) is 89.8 Å². The summed E-state index contributed by atoms with van der Waals surface area (Å²) in [7, 11) is -4.24. The lowest BCUT2D eigenvalue weighted by atomic mass is 10.1. The Morgan fingerprint density at radius 2 is 1.60 bits per heavy atom. The van der Waals surface area contributed by atoms with Crippen LogP contribution in [0.25, 0.3) is 5.69 Å². The highest BCUT2D eigenvalue weighted by atomic mass is 35.5. The summed E-state index contributed by atoms with van der Waals surface area (Å²) in [6.45, 7) is 0.436. The maximum atomic E-state index is 12.8. The number of para-hydroxylation sites is 1. The second-order valence-electron chi connectivity index (χ2n) is 8.66. The van der Waals surface area contributed by atoms with Crippen LogP contribution < -0.4 is 15.4 Å². The number of aryl methyl sites for hydroxylation is 1. The highest BCUT2D eigenvalue weighted by Crippen LogP contribution is 2.24. The molecule has 10 nitrogen and oxygen atoms in total. The molecule has 3 aromatic carbocycles. The number of amides is 3. The van der Waals surface area contributed by atoms with Crippen molar-refractivity contribution in [3.05, 3.63) is 107 Å². The van der Waals surface area contributed by atoms with Crippen LogP contribution in [-0.2, 0) is 27.7 Å². The first kappa shape index (κ1) is 28.4.